The molecule has 1 saturated carbocycles. The minimum Gasteiger partial charge on any atom is -0.330 e. The Morgan fingerprint density at radius 3 is 2.12 bits per heavy atom. The maximum Gasteiger partial charge on any atom is 0.401 e. The van der Waals surface area contributed by atoms with Gasteiger partial charge >= 0.3 is 6.18 Å². The van der Waals surface area contributed by atoms with Crippen LogP contribution in [0, 0.1) is 5.92 Å². The molecule has 6 heteroatoms. The van der Waals surface area contributed by atoms with Gasteiger partial charge in [-0.25, -0.2) is 0 Å². The smallest absolute Gasteiger partial charge is 0.330 e. The molecule has 0 spiro atoms. The zero-order valence-electron chi connectivity index (χ0n) is 9.92. The molecule has 17 heavy (non-hydrogen) atoms. The van der Waals surface area contributed by atoms with E-state index in [9.17, 15) is 13.2 Å². The fourth-order valence-corrected chi connectivity index (χ4v) is 2.81. The number of halogens is 3. The van der Waals surface area contributed by atoms with Gasteiger partial charge < -0.3 is 5.73 Å². The SMILES string of the molecule is NCC1CCC1N1CCN(CC(F)(F)F)CC1. The Balaban J connectivity index is 1.74. The molecule has 1 saturated heterocycles. The Labute approximate surface area is 99.7 Å². The van der Waals surface area contributed by atoms with Crippen LogP contribution in [0.25, 0.3) is 0 Å². The van der Waals surface area contributed by atoms with Crippen LogP contribution >= 0.6 is 0 Å². The number of hydrogen-bond donors (Lipinski definition) is 1. The zero-order chi connectivity index (χ0) is 12.5. The van der Waals surface area contributed by atoms with Gasteiger partial charge in [0.05, 0.1) is 6.54 Å². The van der Waals surface area contributed by atoms with Crippen molar-refractivity contribution in [2.75, 3.05) is 39.3 Å². The summed E-state index contributed by atoms with van der Waals surface area (Å²) >= 11 is 0. The highest BCUT2D eigenvalue weighted by atomic mass is 19.4. The third kappa shape index (κ3) is 3.33. The molecule has 0 aromatic rings. The summed E-state index contributed by atoms with van der Waals surface area (Å²) < 4.78 is 36.7. The van der Waals surface area contributed by atoms with E-state index in [4.69, 9.17) is 5.73 Å². The highest BCUT2D eigenvalue weighted by Crippen LogP contribution is 2.32. The molecular formula is C11H20F3N3. The molecule has 2 aliphatic rings. The van der Waals surface area contributed by atoms with E-state index in [1.807, 2.05) is 0 Å². The predicted octanol–water partition coefficient (Wildman–Crippen LogP) is 0.904. The van der Waals surface area contributed by atoms with Gasteiger partial charge in [0.25, 0.3) is 0 Å². The third-order valence-electron chi connectivity index (χ3n) is 3.96. The first-order valence-corrected chi connectivity index (χ1v) is 6.23. The van der Waals surface area contributed by atoms with Crippen molar-refractivity contribution in [2.24, 2.45) is 11.7 Å². The summed E-state index contributed by atoms with van der Waals surface area (Å²) in [4.78, 5) is 3.81. The highest BCUT2D eigenvalue weighted by Gasteiger charge is 2.37. The van der Waals surface area contributed by atoms with Crippen molar-refractivity contribution in [3.05, 3.63) is 0 Å². The van der Waals surface area contributed by atoms with Crippen molar-refractivity contribution in [1.29, 1.82) is 0 Å². The minimum absolute atomic E-state index is 0.521. The number of rotatable bonds is 3. The maximum absolute atomic E-state index is 12.2. The summed E-state index contributed by atoms with van der Waals surface area (Å²) in [5, 5.41) is 0. The molecule has 1 aliphatic carbocycles. The van der Waals surface area contributed by atoms with E-state index in [1.54, 1.807) is 0 Å². The van der Waals surface area contributed by atoms with Crippen LogP contribution in [0.4, 0.5) is 13.2 Å². The second-order valence-electron chi connectivity index (χ2n) is 5.07. The molecule has 2 atom stereocenters. The lowest BCUT2D eigenvalue weighted by atomic mass is 9.78. The van der Waals surface area contributed by atoms with Crippen LogP contribution in [0.15, 0.2) is 0 Å². The van der Waals surface area contributed by atoms with Crippen LogP contribution in [-0.2, 0) is 0 Å². The molecule has 100 valence electrons. The fourth-order valence-electron chi connectivity index (χ4n) is 2.81. The Hall–Kier alpha value is -0.330. The van der Waals surface area contributed by atoms with E-state index < -0.39 is 12.7 Å². The second kappa shape index (κ2) is 5.12. The van der Waals surface area contributed by atoms with Crippen molar-refractivity contribution in [3.8, 4) is 0 Å². The first-order valence-electron chi connectivity index (χ1n) is 6.23. The average Bonchev–Trinajstić information content (AvgIpc) is 2.18. The molecule has 2 unspecified atom stereocenters. The Kier molecular flexibility index (Phi) is 3.95. The van der Waals surface area contributed by atoms with Crippen LogP contribution in [0.2, 0.25) is 0 Å². The van der Waals surface area contributed by atoms with Crippen molar-refractivity contribution in [3.63, 3.8) is 0 Å². The van der Waals surface area contributed by atoms with Gasteiger partial charge in [-0.1, -0.05) is 0 Å². The number of hydrogen-bond acceptors (Lipinski definition) is 3. The van der Waals surface area contributed by atoms with Crippen molar-refractivity contribution in [1.82, 2.24) is 9.80 Å². The van der Waals surface area contributed by atoms with Crippen molar-refractivity contribution < 1.29 is 13.2 Å². The van der Waals surface area contributed by atoms with E-state index in [-0.39, 0.29) is 0 Å². The Morgan fingerprint density at radius 2 is 1.71 bits per heavy atom. The summed E-state index contributed by atoms with van der Waals surface area (Å²) in [5.41, 5.74) is 5.66. The second-order valence-corrected chi connectivity index (χ2v) is 5.07. The molecule has 3 nitrogen and oxygen atoms in total. The van der Waals surface area contributed by atoms with E-state index in [2.05, 4.69) is 4.90 Å². The largest absolute Gasteiger partial charge is 0.401 e. The normalized spacial score (nSPS) is 32.5. The first-order chi connectivity index (χ1) is 7.99. The number of piperazine rings is 1. The van der Waals surface area contributed by atoms with Gasteiger partial charge in [0.2, 0.25) is 0 Å². The van der Waals surface area contributed by atoms with Gasteiger partial charge in [-0.2, -0.15) is 13.2 Å². The van der Waals surface area contributed by atoms with Crippen LogP contribution in [-0.4, -0.2) is 61.3 Å². The maximum atomic E-state index is 12.2. The molecule has 0 amide bonds. The Morgan fingerprint density at radius 1 is 1.06 bits per heavy atom. The molecule has 2 fully saturated rings. The van der Waals surface area contributed by atoms with Gasteiger partial charge in [-0.05, 0) is 25.3 Å². The van der Waals surface area contributed by atoms with Gasteiger partial charge in [0.15, 0.2) is 0 Å². The predicted molar refractivity (Wildman–Crippen MR) is 59.6 cm³/mol. The topological polar surface area (TPSA) is 32.5 Å². The summed E-state index contributed by atoms with van der Waals surface area (Å²) in [6, 6.07) is 0.521. The standard InChI is InChI=1S/C11H20F3N3/c12-11(13,14)8-16-3-5-17(6-4-16)10-2-1-9(10)7-15/h9-10H,1-8,15H2. The molecule has 1 heterocycles. The quantitative estimate of drug-likeness (QED) is 0.809. The van der Waals surface area contributed by atoms with Crippen LogP contribution < -0.4 is 5.73 Å². The lowest BCUT2D eigenvalue weighted by Gasteiger charge is -2.47. The highest BCUT2D eigenvalue weighted by molar-refractivity contribution is 4.91. The molecule has 1 aliphatic heterocycles. The number of alkyl halides is 3. The van der Waals surface area contributed by atoms with Crippen LogP contribution in [0.5, 0.6) is 0 Å². The van der Waals surface area contributed by atoms with Crippen molar-refractivity contribution in [2.45, 2.75) is 25.1 Å². The summed E-state index contributed by atoms with van der Waals surface area (Å²) in [5.74, 6) is 0.559. The molecule has 0 aromatic carbocycles. The lowest BCUT2D eigenvalue weighted by molar-refractivity contribution is -0.150. The molecule has 0 radical (unpaired) electrons. The van der Waals surface area contributed by atoms with Crippen LogP contribution in [0.3, 0.4) is 0 Å². The number of nitrogens with zero attached hydrogens (tertiary/aromatic N) is 2. The third-order valence-corrected chi connectivity index (χ3v) is 3.96. The van der Waals surface area contributed by atoms with Gasteiger partial charge in [-0.15, -0.1) is 0 Å². The number of nitrogens with two attached hydrogens (primary N) is 1. The molecule has 2 rings (SSSR count). The molecular weight excluding hydrogens is 231 g/mol. The minimum atomic E-state index is -4.07. The fraction of sp³-hybridized carbons (Fsp3) is 1.00. The summed E-state index contributed by atoms with van der Waals surface area (Å²) in [6.07, 6.45) is -1.75. The lowest BCUT2D eigenvalue weighted by Crippen LogP contribution is -2.57. The van der Waals surface area contributed by atoms with Gasteiger partial charge in [-0.3, -0.25) is 9.80 Å². The van der Waals surface area contributed by atoms with Gasteiger partial charge in [0, 0.05) is 32.2 Å². The van der Waals surface area contributed by atoms with Crippen LogP contribution in [0.1, 0.15) is 12.8 Å². The van der Waals surface area contributed by atoms with Gasteiger partial charge in [0.1, 0.15) is 0 Å². The van der Waals surface area contributed by atoms with E-state index in [0.29, 0.717) is 31.6 Å². The van der Waals surface area contributed by atoms with E-state index >= 15 is 0 Å². The molecule has 0 aromatic heterocycles. The first kappa shape index (κ1) is 13.1. The monoisotopic (exact) mass is 251 g/mol. The Bertz CT molecular complexity index is 247. The summed E-state index contributed by atoms with van der Waals surface area (Å²) in [7, 11) is 0. The van der Waals surface area contributed by atoms with E-state index in [1.165, 1.54) is 11.3 Å². The van der Waals surface area contributed by atoms with Crippen molar-refractivity contribution >= 4 is 0 Å². The molecule has 0 bridgehead atoms. The average molecular weight is 251 g/mol. The summed E-state index contributed by atoms with van der Waals surface area (Å²) in [6.45, 7) is 2.47. The van der Waals surface area contributed by atoms with E-state index in [0.717, 1.165) is 19.5 Å². The zero-order valence-corrected chi connectivity index (χ0v) is 9.92. The molecule has 2 N–H and O–H groups in total.